The van der Waals surface area contributed by atoms with Crippen molar-refractivity contribution in [2.24, 2.45) is 24.3 Å². The Balaban J connectivity index is 1.47. The number of amides is 2. The van der Waals surface area contributed by atoms with Crippen molar-refractivity contribution in [3.05, 3.63) is 23.5 Å². The average Bonchev–Trinajstić information content (AvgIpc) is 3.26. The molecule has 4 saturated carbocycles. The number of halogens is 1. The van der Waals surface area contributed by atoms with E-state index in [1.54, 1.807) is 31.3 Å². The maximum absolute atomic E-state index is 13.6. The van der Waals surface area contributed by atoms with Gasteiger partial charge in [-0.15, -0.1) is 5.10 Å². The van der Waals surface area contributed by atoms with Crippen LogP contribution in [0.25, 0.3) is 0 Å². The highest BCUT2D eigenvalue weighted by atomic mass is 35.5. The summed E-state index contributed by atoms with van der Waals surface area (Å²) >= 11 is 6.00. The molecule has 154 valence electrons. The highest BCUT2D eigenvalue weighted by Gasteiger charge is 2.61. The monoisotopic (exact) mass is 417 g/mol. The summed E-state index contributed by atoms with van der Waals surface area (Å²) in [5, 5.41) is 14.4. The molecule has 6 rings (SSSR count). The Kier molecular flexibility index (Phi) is 4.03. The fourth-order valence-corrected chi connectivity index (χ4v) is 6.47. The minimum Gasteiger partial charge on any atom is -0.354 e. The van der Waals surface area contributed by atoms with E-state index in [1.807, 2.05) is 4.68 Å². The number of anilines is 1. The highest BCUT2D eigenvalue weighted by Crippen LogP contribution is 2.64. The van der Waals surface area contributed by atoms with Gasteiger partial charge in [-0.05, 0) is 62.0 Å². The molecule has 2 heterocycles. The Bertz CT molecular complexity index is 983. The van der Waals surface area contributed by atoms with Crippen LogP contribution in [0.3, 0.4) is 0 Å². The van der Waals surface area contributed by atoms with Gasteiger partial charge in [0.2, 0.25) is 11.2 Å². The molecule has 4 aliphatic rings. The molecule has 2 N–H and O–H groups in total. The van der Waals surface area contributed by atoms with Crippen LogP contribution in [0, 0.1) is 17.3 Å². The highest BCUT2D eigenvalue weighted by molar-refractivity contribution is 6.28. The third-order valence-electron chi connectivity index (χ3n) is 6.98. The van der Waals surface area contributed by atoms with E-state index in [9.17, 15) is 9.59 Å². The largest absolute Gasteiger partial charge is 0.354 e. The van der Waals surface area contributed by atoms with E-state index in [2.05, 4.69) is 25.8 Å². The fraction of sp³-hybridized carbons (Fsp3) is 0.632. The second-order valence-corrected chi connectivity index (χ2v) is 9.36. The Morgan fingerprint density at radius 3 is 2.55 bits per heavy atom. The van der Waals surface area contributed by atoms with E-state index in [-0.39, 0.29) is 28.3 Å². The smallest absolute Gasteiger partial charge is 0.273 e. The lowest BCUT2D eigenvalue weighted by Gasteiger charge is -2.60. The zero-order valence-electron chi connectivity index (χ0n) is 16.5. The number of carbonyl (C=O) groups is 2. The first kappa shape index (κ1) is 18.6. The first-order chi connectivity index (χ1) is 13.8. The maximum Gasteiger partial charge on any atom is 0.273 e. The molecule has 0 spiro atoms. The molecular weight excluding hydrogens is 394 g/mol. The van der Waals surface area contributed by atoms with Crippen molar-refractivity contribution in [1.29, 1.82) is 0 Å². The zero-order valence-corrected chi connectivity index (χ0v) is 17.2. The van der Waals surface area contributed by atoms with Crippen LogP contribution < -0.4 is 10.6 Å². The van der Waals surface area contributed by atoms with Crippen LogP contribution in [0.15, 0.2) is 12.5 Å². The maximum atomic E-state index is 13.6. The molecule has 0 aliphatic heterocycles. The molecule has 2 aromatic heterocycles. The second kappa shape index (κ2) is 6.29. The summed E-state index contributed by atoms with van der Waals surface area (Å²) in [6.45, 7) is 0. The van der Waals surface area contributed by atoms with Crippen LogP contribution >= 0.6 is 11.6 Å². The molecule has 0 aromatic carbocycles. The van der Waals surface area contributed by atoms with Gasteiger partial charge in [0.05, 0.1) is 16.6 Å². The van der Waals surface area contributed by atoms with Crippen molar-refractivity contribution in [3.63, 3.8) is 0 Å². The summed E-state index contributed by atoms with van der Waals surface area (Å²) in [5.41, 5.74) is -0.00498. The van der Waals surface area contributed by atoms with E-state index in [4.69, 9.17) is 11.6 Å². The number of nitrogens with one attached hydrogen (secondary N) is 2. The van der Waals surface area contributed by atoms with E-state index >= 15 is 0 Å². The molecule has 2 unspecified atom stereocenters. The van der Waals surface area contributed by atoms with Gasteiger partial charge in [0.15, 0.2) is 5.69 Å². The summed E-state index contributed by atoms with van der Waals surface area (Å²) in [6.07, 6.45) is 9.01. The van der Waals surface area contributed by atoms with Gasteiger partial charge in [-0.2, -0.15) is 5.10 Å². The van der Waals surface area contributed by atoms with Gasteiger partial charge in [0.1, 0.15) is 6.33 Å². The van der Waals surface area contributed by atoms with Gasteiger partial charge in [-0.25, -0.2) is 9.67 Å². The molecule has 29 heavy (non-hydrogen) atoms. The number of aryl methyl sites for hydroxylation is 1. The summed E-state index contributed by atoms with van der Waals surface area (Å²) in [7, 11) is 3.28. The van der Waals surface area contributed by atoms with Crippen molar-refractivity contribution in [2.75, 3.05) is 12.4 Å². The van der Waals surface area contributed by atoms with Crippen LogP contribution in [0.5, 0.6) is 0 Å². The summed E-state index contributed by atoms with van der Waals surface area (Å²) in [5.74, 6) is 0.620. The molecule has 9 nitrogen and oxygen atoms in total. The van der Waals surface area contributed by atoms with E-state index in [0.717, 1.165) is 32.1 Å². The Morgan fingerprint density at radius 1 is 1.21 bits per heavy atom. The van der Waals surface area contributed by atoms with E-state index in [1.165, 1.54) is 0 Å². The summed E-state index contributed by atoms with van der Waals surface area (Å²) in [4.78, 5) is 29.8. The zero-order chi connectivity index (χ0) is 20.4. The summed E-state index contributed by atoms with van der Waals surface area (Å²) < 4.78 is 3.44. The predicted molar refractivity (Wildman–Crippen MR) is 105 cm³/mol. The van der Waals surface area contributed by atoms with Gasteiger partial charge in [-0.3, -0.25) is 14.3 Å². The lowest BCUT2D eigenvalue weighted by atomic mass is 9.46. The topological polar surface area (TPSA) is 107 Å². The van der Waals surface area contributed by atoms with Crippen LogP contribution in [0.2, 0.25) is 5.28 Å². The van der Waals surface area contributed by atoms with Crippen molar-refractivity contribution >= 4 is 29.1 Å². The molecule has 2 amide bonds. The molecule has 2 atom stereocenters. The lowest BCUT2D eigenvalue weighted by molar-refractivity contribution is -0.150. The molecule has 0 saturated heterocycles. The number of hydrogen-bond acceptors (Lipinski definition) is 5. The Morgan fingerprint density at radius 2 is 1.93 bits per heavy atom. The summed E-state index contributed by atoms with van der Waals surface area (Å²) in [6, 6.07) is 0. The Hall–Kier alpha value is -2.42. The minimum absolute atomic E-state index is 0.0275. The minimum atomic E-state index is -0.474. The SMILES string of the molecule is CNC(=O)c1nn(C)cc1NC(=O)C12CC3CC(C1)CC(n1cnc(Cl)n1)(C3)C2. The standard InChI is InChI=1S/C19H24ClN7O2/c1-21-15(28)14-13(8-26(2)24-14)23-16(29)18-4-11-3-12(5-18)7-19(6-11,9-18)27-10-22-17(20)25-27/h8,10-12H,3-7,9H2,1-2H3,(H,21,28)(H,23,29). The quantitative estimate of drug-likeness (QED) is 0.790. The number of rotatable bonds is 4. The fourth-order valence-electron chi connectivity index (χ4n) is 6.34. The molecule has 4 fully saturated rings. The van der Waals surface area contributed by atoms with E-state index in [0.29, 0.717) is 23.9 Å². The van der Waals surface area contributed by atoms with Crippen molar-refractivity contribution < 1.29 is 9.59 Å². The number of nitrogens with zero attached hydrogens (tertiary/aromatic N) is 5. The molecule has 10 heteroatoms. The van der Waals surface area contributed by atoms with Crippen LogP contribution in [-0.4, -0.2) is 43.4 Å². The van der Waals surface area contributed by atoms with Gasteiger partial charge in [0.25, 0.3) is 5.91 Å². The molecule has 4 aliphatic carbocycles. The first-order valence-corrected chi connectivity index (χ1v) is 10.4. The third kappa shape index (κ3) is 2.86. The van der Waals surface area contributed by atoms with Crippen molar-refractivity contribution in [3.8, 4) is 0 Å². The van der Waals surface area contributed by atoms with Crippen LogP contribution in [0.1, 0.15) is 49.0 Å². The molecule has 0 radical (unpaired) electrons. The van der Waals surface area contributed by atoms with Gasteiger partial charge < -0.3 is 10.6 Å². The Labute approximate surface area is 173 Å². The number of hydrogen-bond donors (Lipinski definition) is 2. The van der Waals surface area contributed by atoms with E-state index < -0.39 is 5.41 Å². The lowest BCUT2D eigenvalue weighted by Crippen LogP contribution is -2.60. The van der Waals surface area contributed by atoms with Crippen LogP contribution in [-0.2, 0) is 17.4 Å². The normalized spacial score (nSPS) is 32.4. The van der Waals surface area contributed by atoms with Crippen molar-refractivity contribution in [2.45, 2.75) is 44.1 Å². The third-order valence-corrected chi connectivity index (χ3v) is 7.15. The molecular formula is C19H24ClN7O2. The average molecular weight is 418 g/mol. The molecule has 2 aromatic rings. The predicted octanol–water partition coefficient (Wildman–Crippen LogP) is 1.96. The number of carbonyl (C=O) groups excluding carboxylic acids is 2. The first-order valence-electron chi connectivity index (χ1n) is 9.97. The second-order valence-electron chi connectivity index (χ2n) is 9.02. The van der Waals surface area contributed by atoms with Gasteiger partial charge >= 0.3 is 0 Å². The van der Waals surface area contributed by atoms with Gasteiger partial charge in [-0.1, -0.05) is 0 Å². The van der Waals surface area contributed by atoms with Crippen LogP contribution in [0.4, 0.5) is 5.69 Å². The van der Waals surface area contributed by atoms with Crippen molar-refractivity contribution in [1.82, 2.24) is 29.9 Å². The van der Waals surface area contributed by atoms with Gasteiger partial charge in [0, 0.05) is 20.3 Å². The molecule has 4 bridgehead atoms. The number of aromatic nitrogens is 5.